The summed E-state index contributed by atoms with van der Waals surface area (Å²) in [7, 11) is 2.07. The quantitative estimate of drug-likeness (QED) is 0.900. The molecule has 2 rings (SSSR count). The van der Waals surface area contributed by atoms with Crippen LogP contribution in [0.3, 0.4) is 0 Å². The van der Waals surface area contributed by atoms with E-state index in [-0.39, 0.29) is 0 Å². The van der Waals surface area contributed by atoms with Crippen molar-refractivity contribution in [1.82, 2.24) is 5.32 Å². The van der Waals surface area contributed by atoms with Gasteiger partial charge in [0.1, 0.15) is 0 Å². The third-order valence-electron chi connectivity index (χ3n) is 3.91. The van der Waals surface area contributed by atoms with E-state index in [1.54, 1.807) is 0 Å². The van der Waals surface area contributed by atoms with Gasteiger partial charge >= 0.3 is 0 Å². The van der Waals surface area contributed by atoms with Crippen LogP contribution in [0.15, 0.2) is 22.7 Å². The van der Waals surface area contributed by atoms with Crippen LogP contribution in [0.1, 0.15) is 25.3 Å². The fraction of sp³-hybridized carbons (Fsp3) is 0.571. The normalized spacial score (nSPS) is 19.4. The van der Waals surface area contributed by atoms with Gasteiger partial charge in [0, 0.05) is 23.1 Å². The molecule has 1 fully saturated rings. The second kappa shape index (κ2) is 4.99. The predicted molar refractivity (Wildman–Crippen MR) is 77.8 cm³/mol. The average molecular weight is 297 g/mol. The molecule has 2 nitrogen and oxygen atoms in total. The maximum atomic E-state index is 3.67. The molecule has 94 valence electrons. The Hall–Kier alpha value is -0.540. The van der Waals surface area contributed by atoms with Gasteiger partial charge < -0.3 is 10.2 Å². The summed E-state index contributed by atoms with van der Waals surface area (Å²) in [6, 6.07) is 6.61. The van der Waals surface area contributed by atoms with Gasteiger partial charge in [0.15, 0.2) is 0 Å². The first-order chi connectivity index (χ1) is 8.04. The van der Waals surface area contributed by atoms with E-state index in [1.165, 1.54) is 28.6 Å². The Labute approximate surface area is 113 Å². The maximum absolute atomic E-state index is 3.67. The molecule has 0 atom stereocenters. The molecular formula is C14H21BrN2. The Morgan fingerprint density at radius 3 is 2.47 bits per heavy atom. The van der Waals surface area contributed by atoms with Gasteiger partial charge in [-0.3, -0.25) is 0 Å². The van der Waals surface area contributed by atoms with Crippen LogP contribution in [0.2, 0.25) is 0 Å². The maximum Gasteiger partial charge on any atom is 0.0510 e. The smallest absolute Gasteiger partial charge is 0.0510 e. The highest BCUT2D eigenvalue weighted by Gasteiger charge is 2.28. The van der Waals surface area contributed by atoms with Crippen molar-refractivity contribution in [2.24, 2.45) is 0 Å². The molecule has 0 spiro atoms. The van der Waals surface area contributed by atoms with Crippen molar-refractivity contribution in [3.8, 4) is 0 Å². The molecule has 0 amide bonds. The van der Waals surface area contributed by atoms with Crippen LogP contribution in [0.5, 0.6) is 0 Å². The van der Waals surface area contributed by atoms with Crippen LogP contribution in [0, 0.1) is 6.92 Å². The molecule has 1 aromatic carbocycles. The molecule has 0 aliphatic carbocycles. The van der Waals surface area contributed by atoms with Crippen molar-refractivity contribution in [3.05, 3.63) is 28.2 Å². The van der Waals surface area contributed by atoms with Crippen LogP contribution in [-0.4, -0.2) is 25.7 Å². The molecule has 1 aliphatic rings. The van der Waals surface area contributed by atoms with Gasteiger partial charge in [0.25, 0.3) is 0 Å². The summed E-state index contributed by atoms with van der Waals surface area (Å²) in [6.07, 6.45) is 2.40. The number of halogens is 1. The summed E-state index contributed by atoms with van der Waals surface area (Å²) in [6.45, 7) is 6.69. The van der Waals surface area contributed by atoms with Gasteiger partial charge in [-0.15, -0.1) is 0 Å². The minimum atomic E-state index is 0.313. The van der Waals surface area contributed by atoms with Gasteiger partial charge in [-0.25, -0.2) is 0 Å². The van der Waals surface area contributed by atoms with Crippen LogP contribution < -0.4 is 10.2 Å². The number of nitrogens with one attached hydrogen (secondary N) is 1. The monoisotopic (exact) mass is 296 g/mol. The van der Waals surface area contributed by atoms with E-state index in [0.717, 1.165) is 13.1 Å². The molecule has 0 bridgehead atoms. The molecule has 1 saturated heterocycles. The van der Waals surface area contributed by atoms with E-state index >= 15 is 0 Å². The van der Waals surface area contributed by atoms with Crippen LogP contribution >= 0.6 is 15.9 Å². The lowest BCUT2D eigenvalue weighted by molar-refractivity contribution is 0.305. The highest BCUT2D eigenvalue weighted by Crippen LogP contribution is 2.31. The predicted octanol–water partition coefficient (Wildman–Crippen LogP) is 3.34. The van der Waals surface area contributed by atoms with Crippen molar-refractivity contribution < 1.29 is 0 Å². The molecule has 0 saturated carbocycles. The minimum absolute atomic E-state index is 0.313. The molecule has 0 radical (unpaired) electrons. The number of piperidine rings is 1. The molecule has 3 heteroatoms. The number of benzene rings is 1. The van der Waals surface area contributed by atoms with Gasteiger partial charge in [0.2, 0.25) is 0 Å². The molecule has 1 heterocycles. The highest BCUT2D eigenvalue weighted by atomic mass is 79.9. The van der Waals surface area contributed by atoms with Crippen LogP contribution in [0.4, 0.5) is 5.69 Å². The molecule has 0 unspecified atom stereocenters. The highest BCUT2D eigenvalue weighted by molar-refractivity contribution is 9.10. The standard InChI is InChI=1S/C14H21BrN2/c1-11-4-5-13(12(15)10-11)17-8-6-14(2,16-3)7-9-17/h4-5,10,16H,6-9H2,1-3H3. The van der Waals surface area contributed by atoms with Gasteiger partial charge in [-0.05, 0) is 67.4 Å². The largest absolute Gasteiger partial charge is 0.370 e. The number of rotatable bonds is 2. The fourth-order valence-electron chi connectivity index (χ4n) is 2.36. The van der Waals surface area contributed by atoms with E-state index in [4.69, 9.17) is 0 Å². The van der Waals surface area contributed by atoms with Crippen molar-refractivity contribution in [2.45, 2.75) is 32.2 Å². The van der Waals surface area contributed by atoms with Gasteiger partial charge in [-0.1, -0.05) is 6.07 Å². The third-order valence-corrected chi connectivity index (χ3v) is 4.55. The van der Waals surface area contributed by atoms with E-state index in [1.807, 2.05) is 0 Å². The summed E-state index contributed by atoms with van der Waals surface area (Å²) in [4.78, 5) is 2.47. The summed E-state index contributed by atoms with van der Waals surface area (Å²) < 4.78 is 1.21. The first kappa shape index (κ1) is 12.9. The zero-order valence-corrected chi connectivity index (χ0v) is 12.5. The number of aryl methyl sites for hydroxylation is 1. The molecule has 1 aliphatic heterocycles. The van der Waals surface area contributed by atoms with E-state index in [0.29, 0.717) is 5.54 Å². The number of anilines is 1. The minimum Gasteiger partial charge on any atom is -0.370 e. The van der Waals surface area contributed by atoms with Crippen molar-refractivity contribution in [1.29, 1.82) is 0 Å². The van der Waals surface area contributed by atoms with Crippen molar-refractivity contribution >= 4 is 21.6 Å². The first-order valence-corrected chi connectivity index (χ1v) is 7.03. The third kappa shape index (κ3) is 2.83. The van der Waals surface area contributed by atoms with E-state index in [9.17, 15) is 0 Å². The second-order valence-corrected chi connectivity index (χ2v) is 6.11. The SMILES string of the molecule is CNC1(C)CCN(c2ccc(C)cc2Br)CC1. The Morgan fingerprint density at radius 2 is 1.94 bits per heavy atom. The number of hydrogen-bond donors (Lipinski definition) is 1. The molecule has 17 heavy (non-hydrogen) atoms. The lowest BCUT2D eigenvalue weighted by Crippen LogP contribution is -2.50. The number of hydrogen-bond acceptors (Lipinski definition) is 2. The van der Waals surface area contributed by atoms with Gasteiger partial charge in [-0.2, -0.15) is 0 Å². The Bertz CT molecular complexity index is 395. The molecule has 0 aromatic heterocycles. The van der Waals surface area contributed by atoms with Crippen LogP contribution in [0.25, 0.3) is 0 Å². The molecular weight excluding hydrogens is 276 g/mol. The van der Waals surface area contributed by atoms with Crippen LogP contribution in [-0.2, 0) is 0 Å². The van der Waals surface area contributed by atoms with E-state index < -0.39 is 0 Å². The Balaban J connectivity index is 2.10. The Morgan fingerprint density at radius 1 is 1.29 bits per heavy atom. The zero-order chi connectivity index (χ0) is 12.5. The Kier molecular flexibility index (Phi) is 3.79. The van der Waals surface area contributed by atoms with Crippen molar-refractivity contribution in [2.75, 3.05) is 25.0 Å². The zero-order valence-electron chi connectivity index (χ0n) is 10.9. The summed E-state index contributed by atoms with van der Waals surface area (Å²) in [5.74, 6) is 0. The fourth-order valence-corrected chi connectivity index (χ4v) is 3.10. The molecule has 1 aromatic rings. The average Bonchev–Trinajstić information content (AvgIpc) is 2.31. The first-order valence-electron chi connectivity index (χ1n) is 6.24. The topological polar surface area (TPSA) is 15.3 Å². The summed E-state index contributed by atoms with van der Waals surface area (Å²) >= 11 is 3.67. The summed E-state index contributed by atoms with van der Waals surface area (Å²) in [5.41, 5.74) is 2.94. The lowest BCUT2D eigenvalue weighted by Gasteiger charge is -2.40. The lowest BCUT2D eigenvalue weighted by atomic mass is 9.89. The van der Waals surface area contributed by atoms with E-state index in [2.05, 4.69) is 65.2 Å². The summed E-state index contributed by atoms with van der Waals surface area (Å²) in [5, 5.41) is 3.44. The van der Waals surface area contributed by atoms with Crippen molar-refractivity contribution in [3.63, 3.8) is 0 Å². The molecule has 1 N–H and O–H groups in total. The number of nitrogens with zero attached hydrogens (tertiary/aromatic N) is 1. The van der Waals surface area contributed by atoms with Gasteiger partial charge in [0.05, 0.1) is 5.69 Å². The second-order valence-electron chi connectivity index (χ2n) is 5.25.